The van der Waals surface area contributed by atoms with Crippen LogP contribution in [-0.2, 0) is 0 Å². The number of carboxylic acid groups (broad SMARTS) is 1. The molecule has 0 saturated carbocycles. The summed E-state index contributed by atoms with van der Waals surface area (Å²) in [5.74, 6) is -1.00. The zero-order chi connectivity index (χ0) is 17.1. The molecule has 0 aliphatic carbocycles. The quantitative estimate of drug-likeness (QED) is 0.755. The lowest BCUT2D eigenvalue weighted by Gasteiger charge is -2.08. The van der Waals surface area contributed by atoms with E-state index >= 15 is 0 Å². The van der Waals surface area contributed by atoms with Crippen LogP contribution in [-0.4, -0.2) is 21.2 Å². The van der Waals surface area contributed by atoms with Crippen LogP contribution in [0.25, 0.3) is 11.1 Å². The van der Waals surface area contributed by atoms with Gasteiger partial charge in [-0.3, -0.25) is 4.98 Å². The molecule has 2 N–H and O–H groups in total. The van der Waals surface area contributed by atoms with E-state index in [1.165, 1.54) is 42.6 Å². The number of rotatable bonds is 4. The summed E-state index contributed by atoms with van der Waals surface area (Å²) in [7, 11) is 0. The minimum Gasteiger partial charge on any atom is -0.507 e. The van der Waals surface area contributed by atoms with Crippen molar-refractivity contribution in [3.05, 3.63) is 72.3 Å². The van der Waals surface area contributed by atoms with Gasteiger partial charge >= 0.3 is 5.97 Å². The van der Waals surface area contributed by atoms with Crippen molar-refractivity contribution in [3.8, 4) is 28.4 Å². The fourth-order valence-corrected chi connectivity index (χ4v) is 2.16. The first-order valence-corrected chi connectivity index (χ1v) is 6.98. The standard InChI is InChI=1S/C18H12FNO4/c19-13-2-4-14(5-3-13)24-15-7-12(9-20-10-15)11-1-6-16(18(22)23)17(21)8-11/h1-10,21H,(H,22,23). The van der Waals surface area contributed by atoms with Crippen LogP contribution in [0.4, 0.5) is 4.39 Å². The number of ether oxygens (including phenoxy) is 1. The van der Waals surface area contributed by atoms with Crippen molar-refractivity contribution in [1.29, 1.82) is 0 Å². The number of aromatic nitrogens is 1. The van der Waals surface area contributed by atoms with Gasteiger partial charge in [-0.1, -0.05) is 6.07 Å². The molecule has 0 fully saturated rings. The predicted molar refractivity (Wildman–Crippen MR) is 84.8 cm³/mol. The first-order chi connectivity index (χ1) is 11.5. The average Bonchev–Trinajstić information content (AvgIpc) is 2.57. The number of nitrogens with zero attached hydrogens (tertiary/aromatic N) is 1. The minimum absolute atomic E-state index is 0.176. The van der Waals surface area contributed by atoms with Crippen molar-refractivity contribution in [3.63, 3.8) is 0 Å². The molecule has 1 aromatic heterocycles. The van der Waals surface area contributed by atoms with Gasteiger partial charge in [-0.25, -0.2) is 9.18 Å². The smallest absolute Gasteiger partial charge is 0.339 e. The van der Waals surface area contributed by atoms with Gasteiger partial charge in [0.05, 0.1) is 6.20 Å². The molecule has 0 radical (unpaired) electrons. The molecule has 0 amide bonds. The molecule has 0 unspecified atom stereocenters. The van der Waals surface area contributed by atoms with Crippen molar-refractivity contribution >= 4 is 5.97 Å². The van der Waals surface area contributed by atoms with E-state index in [2.05, 4.69) is 4.98 Å². The maximum atomic E-state index is 12.9. The van der Waals surface area contributed by atoms with E-state index in [1.807, 2.05) is 0 Å². The zero-order valence-electron chi connectivity index (χ0n) is 12.3. The summed E-state index contributed by atoms with van der Waals surface area (Å²) < 4.78 is 18.5. The largest absolute Gasteiger partial charge is 0.507 e. The summed E-state index contributed by atoms with van der Waals surface area (Å²) in [4.78, 5) is 15.0. The first kappa shape index (κ1) is 15.5. The molecule has 0 spiro atoms. The Morgan fingerprint density at radius 3 is 2.38 bits per heavy atom. The van der Waals surface area contributed by atoms with Crippen LogP contribution in [0.1, 0.15) is 10.4 Å². The lowest BCUT2D eigenvalue weighted by atomic mass is 10.0. The Bertz CT molecular complexity index is 894. The second kappa shape index (κ2) is 6.37. The number of halogens is 1. The normalized spacial score (nSPS) is 10.4. The van der Waals surface area contributed by atoms with E-state index < -0.39 is 5.97 Å². The molecule has 2 aromatic carbocycles. The number of carboxylic acids is 1. The van der Waals surface area contributed by atoms with Crippen molar-refractivity contribution in [1.82, 2.24) is 4.98 Å². The molecule has 3 rings (SSSR count). The molecule has 24 heavy (non-hydrogen) atoms. The third kappa shape index (κ3) is 3.33. The van der Waals surface area contributed by atoms with Gasteiger partial charge in [0.2, 0.25) is 0 Å². The summed E-state index contributed by atoms with van der Waals surface area (Å²) >= 11 is 0. The molecule has 120 valence electrons. The fraction of sp³-hybridized carbons (Fsp3) is 0. The van der Waals surface area contributed by atoms with Crippen molar-refractivity contribution < 1.29 is 24.1 Å². The van der Waals surface area contributed by atoms with E-state index in [9.17, 15) is 14.3 Å². The van der Waals surface area contributed by atoms with Crippen molar-refractivity contribution in [2.24, 2.45) is 0 Å². The summed E-state index contributed by atoms with van der Waals surface area (Å²) in [5.41, 5.74) is 1.06. The van der Waals surface area contributed by atoms with E-state index in [1.54, 1.807) is 18.3 Å². The maximum absolute atomic E-state index is 12.9. The Morgan fingerprint density at radius 1 is 0.958 bits per heavy atom. The van der Waals surface area contributed by atoms with Gasteiger partial charge in [0.25, 0.3) is 0 Å². The van der Waals surface area contributed by atoms with Crippen LogP contribution in [0.15, 0.2) is 60.9 Å². The fourth-order valence-electron chi connectivity index (χ4n) is 2.16. The highest BCUT2D eigenvalue weighted by Gasteiger charge is 2.11. The summed E-state index contributed by atoms with van der Waals surface area (Å²) in [6, 6.07) is 11.5. The number of aromatic carboxylic acids is 1. The molecule has 0 bridgehead atoms. The highest BCUT2D eigenvalue weighted by Crippen LogP contribution is 2.29. The molecule has 6 heteroatoms. The highest BCUT2D eigenvalue weighted by atomic mass is 19.1. The Hall–Kier alpha value is -3.41. The SMILES string of the molecule is O=C(O)c1ccc(-c2cncc(Oc3ccc(F)cc3)c2)cc1O. The molecule has 0 atom stereocenters. The monoisotopic (exact) mass is 325 g/mol. The minimum atomic E-state index is -1.20. The number of pyridine rings is 1. The van der Waals surface area contributed by atoms with Crippen LogP contribution in [0.2, 0.25) is 0 Å². The molecule has 0 aliphatic rings. The molecule has 1 heterocycles. The number of benzene rings is 2. The number of hydrogen-bond donors (Lipinski definition) is 2. The molecular weight excluding hydrogens is 313 g/mol. The van der Waals surface area contributed by atoms with Crippen LogP contribution in [0.3, 0.4) is 0 Å². The van der Waals surface area contributed by atoms with Crippen molar-refractivity contribution in [2.75, 3.05) is 0 Å². The van der Waals surface area contributed by atoms with Gasteiger partial charge in [0.1, 0.15) is 28.6 Å². The van der Waals surface area contributed by atoms with Crippen LogP contribution in [0.5, 0.6) is 17.2 Å². The Balaban J connectivity index is 1.89. The number of hydrogen-bond acceptors (Lipinski definition) is 4. The van der Waals surface area contributed by atoms with E-state index in [0.717, 1.165) is 0 Å². The van der Waals surface area contributed by atoms with Gasteiger partial charge < -0.3 is 14.9 Å². The number of carbonyl (C=O) groups is 1. The van der Waals surface area contributed by atoms with Gasteiger partial charge in [-0.2, -0.15) is 0 Å². The van der Waals surface area contributed by atoms with Crippen LogP contribution >= 0.6 is 0 Å². The zero-order valence-corrected chi connectivity index (χ0v) is 12.3. The van der Waals surface area contributed by atoms with Gasteiger partial charge in [-0.15, -0.1) is 0 Å². The summed E-state index contributed by atoms with van der Waals surface area (Å²) in [6.07, 6.45) is 3.06. The van der Waals surface area contributed by atoms with Crippen LogP contribution in [0, 0.1) is 5.82 Å². The second-order valence-corrected chi connectivity index (χ2v) is 5.00. The lowest BCUT2D eigenvalue weighted by molar-refractivity contribution is 0.0694. The summed E-state index contributed by atoms with van der Waals surface area (Å²) in [5, 5.41) is 18.7. The third-order valence-corrected chi connectivity index (χ3v) is 3.32. The van der Waals surface area contributed by atoms with Gasteiger partial charge in [0.15, 0.2) is 0 Å². The van der Waals surface area contributed by atoms with E-state index in [4.69, 9.17) is 9.84 Å². The third-order valence-electron chi connectivity index (χ3n) is 3.32. The lowest BCUT2D eigenvalue weighted by Crippen LogP contribution is -1.96. The van der Waals surface area contributed by atoms with Gasteiger partial charge in [0, 0.05) is 11.8 Å². The van der Waals surface area contributed by atoms with Crippen molar-refractivity contribution in [2.45, 2.75) is 0 Å². The predicted octanol–water partition coefficient (Wildman–Crippen LogP) is 4.08. The molecule has 3 aromatic rings. The number of aromatic hydroxyl groups is 1. The molecular formula is C18H12FNO4. The second-order valence-electron chi connectivity index (χ2n) is 5.00. The topological polar surface area (TPSA) is 79.7 Å². The Labute approximate surface area is 136 Å². The maximum Gasteiger partial charge on any atom is 0.339 e. The van der Waals surface area contributed by atoms with E-state index in [0.29, 0.717) is 22.6 Å². The number of phenols is 1. The molecule has 5 nitrogen and oxygen atoms in total. The Kier molecular flexibility index (Phi) is 4.11. The average molecular weight is 325 g/mol. The highest BCUT2D eigenvalue weighted by molar-refractivity contribution is 5.91. The van der Waals surface area contributed by atoms with E-state index in [-0.39, 0.29) is 17.1 Å². The summed E-state index contributed by atoms with van der Waals surface area (Å²) in [6.45, 7) is 0. The molecule has 0 saturated heterocycles. The Morgan fingerprint density at radius 2 is 1.71 bits per heavy atom. The molecule has 0 aliphatic heterocycles. The van der Waals surface area contributed by atoms with Crippen LogP contribution < -0.4 is 4.74 Å². The van der Waals surface area contributed by atoms with Gasteiger partial charge in [-0.05, 0) is 48.0 Å². The first-order valence-electron chi connectivity index (χ1n) is 6.98.